The lowest BCUT2D eigenvalue weighted by Crippen LogP contribution is -2.50. The molecule has 2 amide bonds. The van der Waals surface area contributed by atoms with E-state index in [-0.39, 0.29) is 5.02 Å². The highest BCUT2D eigenvalue weighted by Crippen LogP contribution is 2.28. The SMILES string of the molecule is CC(Oc1ccccc1)C(=O)NNC(=O)C(C)Oc1ccc(Cl)cc1Cl. The summed E-state index contributed by atoms with van der Waals surface area (Å²) in [5.41, 5.74) is 4.58. The van der Waals surface area contributed by atoms with Gasteiger partial charge in [0.05, 0.1) is 5.02 Å². The van der Waals surface area contributed by atoms with Crippen LogP contribution in [0.4, 0.5) is 0 Å². The molecule has 0 radical (unpaired) electrons. The monoisotopic (exact) mass is 396 g/mol. The van der Waals surface area contributed by atoms with Gasteiger partial charge in [-0.1, -0.05) is 41.4 Å². The van der Waals surface area contributed by atoms with E-state index < -0.39 is 24.0 Å². The van der Waals surface area contributed by atoms with Crippen LogP contribution < -0.4 is 20.3 Å². The molecule has 0 saturated carbocycles. The normalized spacial score (nSPS) is 12.6. The Kier molecular flexibility index (Phi) is 7.12. The lowest BCUT2D eigenvalue weighted by molar-refractivity contribution is -0.135. The quantitative estimate of drug-likeness (QED) is 0.733. The number of hydrogen-bond acceptors (Lipinski definition) is 4. The third kappa shape index (κ3) is 5.82. The largest absolute Gasteiger partial charge is 0.481 e. The number of benzene rings is 2. The van der Waals surface area contributed by atoms with Crippen molar-refractivity contribution in [2.24, 2.45) is 0 Å². The second-order valence-electron chi connectivity index (χ2n) is 5.39. The Bertz CT molecular complexity index is 771. The van der Waals surface area contributed by atoms with E-state index in [1.54, 1.807) is 43.3 Å². The summed E-state index contributed by atoms with van der Waals surface area (Å²) in [6, 6.07) is 13.5. The molecule has 6 nitrogen and oxygen atoms in total. The lowest BCUT2D eigenvalue weighted by Gasteiger charge is -2.18. The summed E-state index contributed by atoms with van der Waals surface area (Å²) in [5, 5.41) is 0.741. The van der Waals surface area contributed by atoms with Gasteiger partial charge in [0.2, 0.25) is 0 Å². The van der Waals surface area contributed by atoms with Crippen LogP contribution in [0, 0.1) is 0 Å². The number of amides is 2. The van der Waals surface area contributed by atoms with E-state index in [0.717, 1.165) is 0 Å². The number of para-hydroxylation sites is 1. The molecule has 2 rings (SSSR count). The Morgan fingerprint density at radius 3 is 2.04 bits per heavy atom. The Labute approximate surface area is 161 Å². The number of nitrogens with one attached hydrogen (secondary N) is 2. The first-order valence-corrected chi connectivity index (χ1v) is 8.55. The molecule has 2 aromatic carbocycles. The number of rotatable bonds is 6. The van der Waals surface area contributed by atoms with Crippen LogP contribution in [0.3, 0.4) is 0 Å². The van der Waals surface area contributed by atoms with Crippen LogP contribution in [0.5, 0.6) is 11.5 Å². The summed E-state index contributed by atoms with van der Waals surface area (Å²) >= 11 is 11.8. The molecule has 0 heterocycles. The Balaban J connectivity index is 1.82. The van der Waals surface area contributed by atoms with E-state index in [4.69, 9.17) is 32.7 Å². The van der Waals surface area contributed by atoms with Gasteiger partial charge in [-0.25, -0.2) is 0 Å². The minimum Gasteiger partial charge on any atom is -0.481 e. The average molecular weight is 397 g/mol. The van der Waals surface area contributed by atoms with Gasteiger partial charge >= 0.3 is 0 Å². The van der Waals surface area contributed by atoms with Crippen LogP contribution in [0.2, 0.25) is 10.0 Å². The van der Waals surface area contributed by atoms with Crippen molar-refractivity contribution in [1.29, 1.82) is 0 Å². The van der Waals surface area contributed by atoms with E-state index in [1.807, 2.05) is 6.07 Å². The second kappa shape index (κ2) is 9.31. The molecule has 0 spiro atoms. The van der Waals surface area contributed by atoms with Crippen molar-refractivity contribution in [3.8, 4) is 11.5 Å². The van der Waals surface area contributed by atoms with Gasteiger partial charge in [0.1, 0.15) is 11.5 Å². The van der Waals surface area contributed by atoms with Crippen molar-refractivity contribution in [1.82, 2.24) is 10.9 Å². The molecule has 2 aromatic rings. The molecular formula is C18H18Cl2N2O4. The Morgan fingerprint density at radius 1 is 0.885 bits per heavy atom. The van der Waals surface area contributed by atoms with Crippen LogP contribution in [0.1, 0.15) is 13.8 Å². The van der Waals surface area contributed by atoms with E-state index in [1.165, 1.54) is 13.0 Å². The standard InChI is InChI=1S/C18H18Cl2N2O4/c1-11(25-14-6-4-3-5-7-14)17(23)21-22-18(24)12(2)26-16-9-8-13(19)10-15(16)20/h3-12H,1-2H3,(H,21,23)(H,22,24). The van der Waals surface area contributed by atoms with Gasteiger partial charge in [-0.05, 0) is 44.2 Å². The fraction of sp³-hybridized carbons (Fsp3) is 0.222. The van der Waals surface area contributed by atoms with E-state index in [0.29, 0.717) is 16.5 Å². The summed E-state index contributed by atoms with van der Waals surface area (Å²) in [4.78, 5) is 24.0. The first-order valence-electron chi connectivity index (χ1n) is 7.80. The summed E-state index contributed by atoms with van der Waals surface area (Å²) in [6.07, 6.45) is -1.68. The zero-order valence-corrected chi connectivity index (χ0v) is 15.7. The fourth-order valence-corrected chi connectivity index (χ4v) is 2.35. The first kappa shape index (κ1) is 19.9. The van der Waals surface area contributed by atoms with Crippen LogP contribution >= 0.6 is 23.2 Å². The third-order valence-corrected chi connectivity index (χ3v) is 3.83. The van der Waals surface area contributed by atoms with E-state index in [2.05, 4.69) is 10.9 Å². The summed E-state index contributed by atoms with van der Waals surface area (Å²) in [6.45, 7) is 3.10. The minimum absolute atomic E-state index is 0.283. The predicted molar refractivity (Wildman–Crippen MR) is 99.4 cm³/mol. The van der Waals surface area contributed by atoms with Crippen LogP contribution in [-0.2, 0) is 9.59 Å². The highest BCUT2D eigenvalue weighted by Gasteiger charge is 2.19. The van der Waals surface area contributed by atoms with Crippen molar-refractivity contribution < 1.29 is 19.1 Å². The molecule has 2 atom stereocenters. The van der Waals surface area contributed by atoms with Crippen molar-refractivity contribution >= 4 is 35.0 Å². The van der Waals surface area contributed by atoms with Gasteiger partial charge in [0.25, 0.3) is 11.8 Å². The summed E-state index contributed by atoms with van der Waals surface area (Å²) in [7, 11) is 0. The molecule has 0 saturated heterocycles. The fourth-order valence-electron chi connectivity index (χ4n) is 1.90. The maximum absolute atomic E-state index is 12.1. The number of carbonyl (C=O) groups is 2. The molecule has 26 heavy (non-hydrogen) atoms. The average Bonchev–Trinajstić information content (AvgIpc) is 2.62. The van der Waals surface area contributed by atoms with Gasteiger partial charge in [0, 0.05) is 5.02 Å². The molecule has 0 fully saturated rings. The van der Waals surface area contributed by atoms with Crippen molar-refractivity contribution in [3.05, 3.63) is 58.6 Å². The predicted octanol–water partition coefficient (Wildman–Crippen LogP) is 3.38. The molecule has 2 unspecified atom stereocenters. The molecule has 138 valence electrons. The molecule has 0 aliphatic rings. The minimum atomic E-state index is -0.890. The highest BCUT2D eigenvalue weighted by atomic mass is 35.5. The maximum atomic E-state index is 12.1. The Morgan fingerprint density at radius 2 is 1.46 bits per heavy atom. The number of halogens is 2. The maximum Gasteiger partial charge on any atom is 0.279 e. The van der Waals surface area contributed by atoms with Crippen molar-refractivity contribution in [3.63, 3.8) is 0 Å². The number of ether oxygens (including phenoxy) is 2. The van der Waals surface area contributed by atoms with Gasteiger partial charge in [-0.2, -0.15) is 0 Å². The lowest BCUT2D eigenvalue weighted by atomic mass is 10.3. The zero-order chi connectivity index (χ0) is 19.1. The van der Waals surface area contributed by atoms with Gasteiger partial charge in [-0.15, -0.1) is 0 Å². The zero-order valence-electron chi connectivity index (χ0n) is 14.2. The van der Waals surface area contributed by atoms with Crippen molar-refractivity contribution in [2.45, 2.75) is 26.1 Å². The van der Waals surface area contributed by atoms with E-state index >= 15 is 0 Å². The van der Waals surface area contributed by atoms with Gasteiger partial charge < -0.3 is 9.47 Å². The number of carbonyl (C=O) groups excluding carboxylic acids is 2. The smallest absolute Gasteiger partial charge is 0.279 e. The molecular weight excluding hydrogens is 379 g/mol. The first-order chi connectivity index (χ1) is 12.4. The molecule has 2 N–H and O–H groups in total. The summed E-state index contributed by atoms with van der Waals surface area (Å²) in [5.74, 6) is -0.184. The number of hydrazine groups is 1. The molecule has 0 bridgehead atoms. The van der Waals surface area contributed by atoms with Crippen LogP contribution in [-0.4, -0.2) is 24.0 Å². The van der Waals surface area contributed by atoms with Crippen LogP contribution in [0.15, 0.2) is 48.5 Å². The molecule has 0 aromatic heterocycles. The molecule has 0 aliphatic carbocycles. The molecule has 0 aliphatic heterocycles. The summed E-state index contributed by atoms with van der Waals surface area (Å²) < 4.78 is 10.9. The highest BCUT2D eigenvalue weighted by molar-refractivity contribution is 6.35. The Hall–Kier alpha value is -2.44. The van der Waals surface area contributed by atoms with E-state index in [9.17, 15) is 9.59 Å². The van der Waals surface area contributed by atoms with Gasteiger partial charge in [0.15, 0.2) is 12.2 Å². The van der Waals surface area contributed by atoms with Crippen molar-refractivity contribution in [2.75, 3.05) is 0 Å². The molecule has 8 heteroatoms. The third-order valence-electron chi connectivity index (χ3n) is 3.30. The second-order valence-corrected chi connectivity index (χ2v) is 6.23. The van der Waals surface area contributed by atoms with Crippen LogP contribution in [0.25, 0.3) is 0 Å². The van der Waals surface area contributed by atoms with Gasteiger partial charge in [-0.3, -0.25) is 20.4 Å². The number of hydrogen-bond donors (Lipinski definition) is 2. The topological polar surface area (TPSA) is 76.7 Å².